The number of amides is 1. The molecule has 2 saturated heterocycles. The van der Waals surface area contributed by atoms with E-state index in [9.17, 15) is 4.79 Å². The van der Waals surface area contributed by atoms with Gasteiger partial charge in [-0.1, -0.05) is 0 Å². The molecule has 1 aromatic rings. The van der Waals surface area contributed by atoms with Gasteiger partial charge < -0.3 is 9.80 Å². The van der Waals surface area contributed by atoms with Crippen molar-refractivity contribution in [2.45, 2.75) is 64.3 Å². The zero-order valence-electron chi connectivity index (χ0n) is 15.1. The van der Waals surface area contributed by atoms with Gasteiger partial charge in [-0.3, -0.25) is 4.79 Å². The first-order valence-corrected chi connectivity index (χ1v) is 9.45. The van der Waals surface area contributed by atoms with Gasteiger partial charge in [0.1, 0.15) is 5.82 Å². The number of carbonyl (C=O) groups is 1. The van der Waals surface area contributed by atoms with Crippen LogP contribution in [0.2, 0.25) is 0 Å². The largest absolute Gasteiger partial charge is 0.343 e. The Morgan fingerprint density at radius 3 is 2.62 bits per heavy atom. The molecule has 1 amide bonds. The van der Waals surface area contributed by atoms with Gasteiger partial charge >= 0.3 is 0 Å². The van der Waals surface area contributed by atoms with Crippen molar-refractivity contribution < 1.29 is 4.79 Å². The lowest BCUT2D eigenvalue weighted by molar-refractivity contribution is -0.132. The molecule has 0 unspecified atom stereocenters. The summed E-state index contributed by atoms with van der Waals surface area (Å²) in [6.45, 7) is 8.35. The van der Waals surface area contributed by atoms with Crippen LogP contribution in [0.15, 0.2) is 12.3 Å². The summed E-state index contributed by atoms with van der Waals surface area (Å²) in [5.41, 5.74) is 1.14. The van der Waals surface area contributed by atoms with E-state index in [1.54, 1.807) is 0 Å². The van der Waals surface area contributed by atoms with Crippen LogP contribution in [0.1, 0.15) is 62.9 Å². The number of rotatable bonds is 5. The molecule has 0 spiro atoms. The number of aromatic nitrogens is 2. The minimum atomic E-state index is 0.332. The number of nitrogens with zero attached hydrogens (tertiary/aromatic N) is 4. The molecule has 2 fully saturated rings. The smallest absolute Gasteiger partial charge is 0.222 e. The third kappa shape index (κ3) is 4.32. The molecule has 2 aliphatic rings. The predicted octanol–water partition coefficient (Wildman–Crippen LogP) is 2.76. The first-order chi connectivity index (χ1) is 11.6. The van der Waals surface area contributed by atoms with E-state index < -0.39 is 0 Å². The molecule has 0 aromatic carbocycles. The third-order valence-corrected chi connectivity index (χ3v) is 5.60. The zero-order chi connectivity index (χ0) is 16.9. The highest BCUT2D eigenvalue weighted by molar-refractivity contribution is 5.76. The summed E-state index contributed by atoms with van der Waals surface area (Å²) in [6.07, 6.45) is 8.18. The maximum atomic E-state index is 12.5. The maximum Gasteiger partial charge on any atom is 0.222 e. The molecule has 5 nitrogen and oxygen atoms in total. The molecule has 0 radical (unpaired) electrons. The Labute approximate surface area is 145 Å². The van der Waals surface area contributed by atoms with Gasteiger partial charge in [0.25, 0.3) is 0 Å². The summed E-state index contributed by atoms with van der Waals surface area (Å²) < 4.78 is 0. The zero-order valence-corrected chi connectivity index (χ0v) is 15.1. The molecule has 132 valence electrons. The maximum absolute atomic E-state index is 12.5. The SMILES string of the molecule is Cc1nccc(C2CCN(C(=O)CC[C@H](C)N3CCCC3)CC2)n1. The highest BCUT2D eigenvalue weighted by atomic mass is 16.2. The van der Waals surface area contributed by atoms with E-state index in [0.29, 0.717) is 24.3 Å². The molecular weight excluding hydrogens is 300 g/mol. The monoisotopic (exact) mass is 330 g/mol. The number of piperidine rings is 1. The minimum Gasteiger partial charge on any atom is -0.343 e. The van der Waals surface area contributed by atoms with Crippen molar-refractivity contribution in [1.82, 2.24) is 19.8 Å². The Hall–Kier alpha value is -1.49. The summed E-state index contributed by atoms with van der Waals surface area (Å²) in [7, 11) is 0. The van der Waals surface area contributed by atoms with Crippen molar-refractivity contribution in [2.75, 3.05) is 26.2 Å². The van der Waals surface area contributed by atoms with E-state index in [-0.39, 0.29) is 0 Å². The first kappa shape index (κ1) is 17.3. The number of carbonyl (C=O) groups excluding carboxylic acids is 1. The van der Waals surface area contributed by atoms with Crippen LogP contribution in [0.4, 0.5) is 0 Å². The molecule has 1 aromatic heterocycles. The van der Waals surface area contributed by atoms with Gasteiger partial charge in [-0.2, -0.15) is 0 Å². The number of aryl methyl sites for hydroxylation is 1. The lowest BCUT2D eigenvalue weighted by Gasteiger charge is -2.32. The van der Waals surface area contributed by atoms with E-state index in [4.69, 9.17) is 0 Å². The van der Waals surface area contributed by atoms with E-state index in [2.05, 4.69) is 26.7 Å². The fourth-order valence-corrected chi connectivity index (χ4v) is 3.98. The van der Waals surface area contributed by atoms with Crippen molar-refractivity contribution in [3.8, 4) is 0 Å². The van der Waals surface area contributed by atoms with E-state index in [1.807, 2.05) is 19.2 Å². The lowest BCUT2D eigenvalue weighted by Crippen LogP contribution is -2.39. The topological polar surface area (TPSA) is 49.3 Å². The summed E-state index contributed by atoms with van der Waals surface area (Å²) in [6, 6.07) is 2.56. The number of likely N-dealkylation sites (tertiary alicyclic amines) is 2. The van der Waals surface area contributed by atoms with Gasteiger partial charge in [0.2, 0.25) is 5.91 Å². The van der Waals surface area contributed by atoms with Crippen LogP contribution in [0.3, 0.4) is 0 Å². The molecule has 0 aliphatic carbocycles. The molecule has 0 N–H and O–H groups in total. The van der Waals surface area contributed by atoms with Crippen molar-refractivity contribution in [3.05, 3.63) is 23.8 Å². The van der Waals surface area contributed by atoms with Gasteiger partial charge in [0.05, 0.1) is 0 Å². The summed E-state index contributed by atoms with van der Waals surface area (Å²) in [5, 5.41) is 0. The Morgan fingerprint density at radius 2 is 1.96 bits per heavy atom. The van der Waals surface area contributed by atoms with Gasteiger partial charge in [-0.05, 0) is 65.1 Å². The van der Waals surface area contributed by atoms with Gasteiger partial charge in [0.15, 0.2) is 0 Å². The predicted molar refractivity (Wildman–Crippen MR) is 94.8 cm³/mol. The number of hydrogen-bond donors (Lipinski definition) is 0. The Morgan fingerprint density at radius 1 is 1.25 bits per heavy atom. The van der Waals surface area contributed by atoms with Gasteiger partial charge in [-0.15, -0.1) is 0 Å². The van der Waals surface area contributed by atoms with Crippen LogP contribution in [0, 0.1) is 6.92 Å². The molecule has 5 heteroatoms. The Bertz CT molecular complexity index is 548. The summed E-state index contributed by atoms with van der Waals surface area (Å²) in [4.78, 5) is 25.8. The van der Waals surface area contributed by atoms with Crippen molar-refractivity contribution in [2.24, 2.45) is 0 Å². The van der Waals surface area contributed by atoms with Crippen LogP contribution in [0.5, 0.6) is 0 Å². The first-order valence-electron chi connectivity index (χ1n) is 9.45. The quantitative estimate of drug-likeness (QED) is 0.833. The van der Waals surface area contributed by atoms with E-state index in [0.717, 1.165) is 43.9 Å². The molecular formula is C19H30N4O. The lowest BCUT2D eigenvalue weighted by atomic mass is 9.93. The summed E-state index contributed by atoms with van der Waals surface area (Å²) >= 11 is 0. The second-order valence-electron chi connectivity index (χ2n) is 7.31. The summed E-state index contributed by atoms with van der Waals surface area (Å²) in [5.74, 6) is 1.64. The van der Waals surface area contributed by atoms with Crippen LogP contribution in [-0.2, 0) is 4.79 Å². The van der Waals surface area contributed by atoms with Crippen LogP contribution in [-0.4, -0.2) is 57.9 Å². The average Bonchev–Trinajstić information content (AvgIpc) is 3.14. The van der Waals surface area contributed by atoms with Gasteiger partial charge in [0, 0.05) is 43.4 Å². The fraction of sp³-hybridized carbons (Fsp3) is 0.737. The molecule has 3 rings (SSSR count). The normalized spacial score (nSPS) is 21.2. The van der Waals surface area contributed by atoms with Crippen LogP contribution >= 0.6 is 0 Å². The van der Waals surface area contributed by atoms with Crippen molar-refractivity contribution >= 4 is 5.91 Å². The average molecular weight is 330 g/mol. The Balaban J connectivity index is 1.43. The Kier molecular flexibility index (Phi) is 5.82. The van der Waals surface area contributed by atoms with Crippen LogP contribution in [0.25, 0.3) is 0 Å². The highest BCUT2D eigenvalue weighted by Crippen LogP contribution is 2.27. The molecule has 2 aliphatic heterocycles. The minimum absolute atomic E-state index is 0.332. The van der Waals surface area contributed by atoms with Crippen LogP contribution < -0.4 is 0 Å². The number of hydrogen-bond acceptors (Lipinski definition) is 4. The van der Waals surface area contributed by atoms with E-state index in [1.165, 1.54) is 25.9 Å². The molecule has 24 heavy (non-hydrogen) atoms. The van der Waals surface area contributed by atoms with Crippen molar-refractivity contribution in [1.29, 1.82) is 0 Å². The second kappa shape index (κ2) is 8.06. The fourth-order valence-electron chi connectivity index (χ4n) is 3.98. The standard InChI is InChI=1S/C19H30N4O/c1-15(22-11-3-4-12-22)5-6-19(24)23-13-8-17(9-14-23)18-7-10-20-16(2)21-18/h7,10,15,17H,3-6,8-9,11-14H2,1-2H3/t15-/m0/s1. The van der Waals surface area contributed by atoms with E-state index >= 15 is 0 Å². The molecule has 0 saturated carbocycles. The highest BCUT2D eigenvalue weighted by Gasteiger charge is 2.25. The molecule has 0 bridgehead atoms. The van der Waals surface area contributed by atoms with Crippen molar-refractivity contribution in [3.63, 3.8) is 0 Å². The molecule has 1 atom stereocenters. The third-order valence-electron chi connectivity index (χ3n) is 5.60. The molecule has 3 heterocycles. The van der Waals surface area contributed by atoms with Gasteiger partial charge in [-0.25, -0.2) is 9.97 Å². The second-order valence-corrected chi connectivity index (χ2v) is 7.31.